The van der Waals surface area contributed by atoms with Gasteiger partial charge in [-0.3, -0.25) is 24.1 Å². The van der Waals surface area contributed by atoms with Gasteiger partial charge in [0.25, 0.3) is 17.1 Å². The molecule has 0 spiro atoms. The van der Waals surface area contributed by atoms with Crippen molar-refractivity contribution >= 4 is 40.9 Å². The van der Waals surface area contributed by atoms with Crippen molar-refractivity contribution in [2.45, 2.75) is 6.92 Å². The number of esters is 1. The number of carbonyl (C=O) groups excluding carboxylic acids is 4. The summed E-state index contributed by atoms with van der Waals surface area (Å²) in [5.41, 5.74) is 5.55. The van der Waals surface area contributed by atoms with Crippen LogP contribution in [0.4, 0.5) is 4.79 Å². The molecule has 10 heteroatoms. The van der Waals surface area contributed by atoms with Crippen molar-refractivity contribution in [1.82, 2.24) is 4.90 Å². The molecule has 1 aliphatic heterocycles. The summed E-state index contributed by atoms with van der Waals surface area (Å²) in [5.74, 6) is -1.13. The Morgan fingerprint density at radius 3 is 2.67 bits per heavy atom. The molecule has 1 aromatic rings. The third-order valence-corrected chi connectivity index (χ3v) is 4.25. The molecule has 0 bridgehead atoms. The molecule has 2 rings (SSSR count). The van der Waals surface area contributed by atoms with E-state index in [-0.39, 0.29) is 18.1 Å². The molecule has 0 atom stereocenters. The predicted octanol–water partition coefficient (Wildman–Crippen LogP) is 1.16. The number of amides is 3. The molecule has 144 valence electrons. The van der Waals surface area contributed by atoms with Gasteiger partial charge < -0.3 is 19.9 Å². The zero-order valence-corrected chi connectivity index (χ0v) is 15.5. The summed E-state index contributed by atoms with van der Waals surface area (Å²) in [6.07, 6.45) is 1.48. The third kappa shape index (κ3) is 5.23. The number of thioether (sulfide) groups is 1. The van der Waals surface area contributed by atoms with E-state index in [1.807, 2.05) is 0 Å². The van der Waals surface area contributed by atoms with Crippen molar-refractivity contribution in [2.24, 2.45) is 5.73 Å². The monoisotopic (exact) mass is 394 g/mol. The van der Waals surface area contributed by atoms with Crippen LogP contribution in [0, 0.1) is 0 Å². The van der Waals surface area contributed by atoms with E-state index >= 15 is 0 Å². The quantitative estimate of drug-likeness (QED) is 0.514. The number of methoxy groups -OCH3 is 1. The van der Waals surface area contributed by atoms with E-state index in [4.69, 9.17) is 19.9 Å². The highest BCUT2D eigenvalue weighted by molar-refractivity contribution is 8.18. The van der Waals surface area contributed by atoms with E-state index in [0.717, 1.165) is 16.7 Å². The van der Waals surface area contributed by atoms with Gasteiger partial charge in [0.1, 0.15) is 18.0 Å². The number of nitrogens with zero attached hydrogens (tertiary/aromatic N) is 1. The average molecular weight is 394 g/mol. The van der Waals surface area contributed by atoms with Gasteiger partial charge in [0.15, 0.2) is 6.61 Å². The number of nitrogens with two attached hydrogens (primary N) is 1. The zero-order chi connectivity index (χ0) is 20.0. The van der Waals surface area contributed by atoms with E-state index in [1.54, 1.807) is 19.1 Å². The van der Waals surface area contributed by atoms with Gasteiger partial charge in [-0.25, -0.2) is 0 Å². The number of benzene rings is 1. The van der Waals surface area contributed by atoms with Crippen LogP contribution in [-0.4, -0.2) is 54.8 Å². The fraction of sp³-hybridized carbons (Fsp3) is 0.294. The number of hydrogen-bond donors (Lipinski definition) is 1. The summed E-state index contributed by atoms with van der Waals surface area (Å²) in [5, 5.41) is -0.556. The van der Waals surface area contributed by atoms with Crippen molar-refractivity contribution in [2.75, 3.05) is 26.9 Å². The molecule has 2 N–H and O–H groups in total. The van der Waals surface area contributed by atoms with Crippen LogP contribution in [0.25, 0.3) is 6.08 Å². The Hall–Kier alpha value is -3.01. The molecule has 0 radical (unpaired) electrons. The second-order valence-electron chi connectivity index (χ2n) is 5.23. The summed E-state index contributed by atoms with van der Waals surface area (Å²) in [6, 6.07) is 4.70. The molecule has 0 aliphatic carbocycles. The lowest BCUT2D eigenvalue weighted by molar-refractivity contribution is -0.146. The van der Waals surface area contributed by atoms with E-state index in [0.29, 0.717) is 17.1 Å². The topological polar surface area (TPSA) is 125 Å². The Balaban J connectivity index is 2.20. The second kappa shape index (κ2) is 9.08. The summed E-state index contributed by atoms with van der Waals surface area (Å²) < 4.78 is 15.2. The van der Waals surface area contributed by atoms with Gasteiger partial charge in [-0.05, 0) is 36.9 Å². The fourth-order valence-electron chi connectivity index (χ4n) is 2.17. The first-order chi connectivity index (χ1) is 12.8. The highest BCUT2D eigenvalue weighted by Gasteiger charge is 2.36. The molecule has 1 heterocycles. The summed E-state index contributed by atoms with van der Waals surface area (Å²) in [7, 11) is 1.43. The van der Waals surface area contributed by atoms with Crippen LogP contribution in [0.5, 0.6) is 11.5 Å². The van der Waals surface area contributed by atoms with Gasteiger partial charge >= 0.3 is 5.97 Å². The Morgan fingerprint density at radius 1 is 1.30 bits per heavy atom. The molecule has 3 amide bonds. The smallest absolute Gasteiger partial charge is 0.326 e. The number of primary amides is 1. The molecular weight excluding hydrogens is 376 g/mol. The molecular formula is C17H18N2O7S. The zero-order valence-electron chi connectivity index (χ0n) is 14.7. The minimum Gasteiger partial charge on any atom is -0.496 e. The minimum absolute atomic E-state index is 0.147. The van der Waals surface area contributed by atoms with Crippen LogP contribution in [0.3, 0.4) is 0 Å². The highest BCUT2D eigenvalue weighted by Crippen LogP contribution is 2.35. The maximum Gasteiger partial charge on any atom is 0.326 e. The molecule has 9 nitrogen and oxygen atoms in total. The summed E-state index contributed by atoms with van der Waals surface area (Å²) in [4.78, 5) is 47.7. The maximum atomic E-state index is 12.4. The van der Waals surface area contributed by atoms with Crippen LogP contribution in [0.15, 0.2) is 23.1 Å². The van der Waals surface area contributed by atoms with Crippen molar-refractivity contribution in [3.63, 3.8) is 0 Å². The van der Waals surface area contributed by atoms with E-state index in [9.17, 15) is 19.2 Å². The summed E-state index contributed by atoms with van der Waals surface area (Å²) in [6.45, 7) is 1.07. The summed E-state index contributed by atoms with van der Waals surface area (Å²) >= 11 is 0.717. The van der Waals surface area contributed by atoms with Crippen molar-refractivity contribution in [3.05, 3.63) is 28.7 Å². The van der Waals surface area contributed by atoms with E-state index in [2.05, 4.69) is 0 Å². The lowest BCUT2D eigenvalue weighted by Crippen LogP contribution is -2.34. The molecule has 0 unspecified atom stereocenters. The molecule has 1 aliphatic rings. The van der Waals surface area contributed by atoms with E-state index in [1.165, 1.54) is 19.3 Å². The highest BCUT2D eigenvalue weighted by atomic mass is 32.2. The molecule has 1 fully saturated rings. The Kier molecular flexibility index (Phi) is 6.83. The van der Waals surface area contributed by atoms with Gasteiger partial charge in [-0.1, -0.05) is 0 Å². The Bertz CT molecular complexity index is 806. The fourth-order valence-corrected chi connectivity index (χ4v) is 3.00. The maximum absolute atomic E-state index is 12.4. The third-order valence-electron chi connectivity index (χ3n) is 3.34. The van der Waals surface area contributed by atoms with E-state index < -0.39 is 29.6 Å². The standard InChI is InChI=1S/C17H18N2O7S/c1-3-25-15(21)8-19-16(22)13(27-17(19)23)6-10-4-5-11(7-12(10)24-2)26-9-14(18)20/h4-7H,3,8-9H2,1-2H3,(H2,18,20). The first kappa shape index (κ1) is 20.3. The minimum atomic E-state index is -0.658. The molecule has 0 saturated carbocycles. The number of imide groups is 1. The van der Waals surface area contributed by atoms with Crippen LogP contribution in [0.1, 0.15) is 12.5 Å². The normalized spacial score (nSPS) is 15.2. The van der Waals surface area contributed by atoms with Crippen LogP contribution >= 0.6 is 11.8 Å². The van der Waals surface area contributed by atoms with Crippen LogP contribution in [0.2, 0.25) is 0 Å². The Morgan fingerprint density at radius 2 is 2.04 bits per heavy atom. The van der Waals surface area contributed by atoms with Crippen molar-refractivity contribution in [3.8, 4) is 11.5 Å². The second-order valence-corrected chi connectivity index (χ2v) is 6.22. The largest absolute Gasteiger partial charge is 0.496 e. The molecule has 1 aromatic carbocycles. The van der Waals surface area contributed by atoms with Gasteiger partial charge in [-0.2, -0.15) is 0 Å². The Labute approximate surface area is 159 Å². The first-order valence-corrected chi connectivity index (χ1v) is 8.67. The van der Waals surface area contributed by atoms with Crippen LogP contribution in [-0.2, 0) is 19.1 Å². The number of hydrogen-bond acceptors (Lipinski definition) is 8. The van der Waals surface area contributed by atoms with Gasteiger partial charge in [0, 0.05) is 11.6 Å². The number of carbonyl (C=O) groups is 4. The molecule has 27 heavy (non-hydrogen) atoms. The van der Waals surface area contributed by atoms with Crippen molar-refractivity contribution in [1.29, 1.82) is 0 Å². The van der Waals surface area contributed by atoms with Crippen LogP contribution < -0.4 is 15.2 Å². The average Bonchev–Trinajstić information content (AvgIpc) is 2.88. The molecule has 0 aromatic heterocycles. The van der Waals surface area contributed by atoms with Crippen molar-refractivity contribution < 1.29 is 33.4 Å². The lowest BCUT2D eigenvalue weighted by atomic mass is 10.1. The molecule has 1 saturated heterocycles. The lowest BCUT2D eigenvalue weighted by Gasteiger charge is -2.11. The van der Waals surface area contributed by atoms with Gasteiger partial charge in [0.2, 0.25) is 0 Å². The van der Waals surface area contributed by atoms with Gasteiger partial charge in [-0.15, -0.1) is 0 Å². The predicted molar refractivity (Wildman–Crippen MR) is 97.0 cm³/mol. The first-order valence-electron chi connectivity index (χ1n) is 7.85. The number of ether oxygens (including phenoxy) is 3. The SMILES string of the molecule is CCOC(=O)CN1C(=O)SC(=Cc2ccc(OCC(N)=O)cc2OC)C1=O. The van der Waals surface area contributed by atoms with Gasteiger partial charge in [0.05, 0.1) is 18.6 Å². The number of rotatable bonds is 8.